The van der Waals surface area contributed by atoms with Crippen LogP contribution >= 0.6 is 0 Å². The van der Waals surface area contributed by atoms with Gasteiger partial charge in [0, 0.05) is 19.3 Å². The number of carbonyl (C=O) groups is 2. The van der Waals surface area contributed by atoms with Crippen LogP contribution in [0.1, 0.15) is 30.6 Å². The van der Waals surface area contributed by atoms with Gasteiger partial charge in [0.05, 0.1) is 5.69 Å². The van der Waals surface area contributed by atoms with Crippen LogP contribution in [0.3, 0.4) is 0 Å². The number of nitrogens with one attached hydrogen (secondary N) is 1. The van der Waals surface area contributed by atoms with Crippen molar-refractivity contribution in [3.05, 3.63) is 54.0 Å². The molecular weight excluding hydrogens is 361 g/mol. The summed E-state index contributed by atoms with van der Waals surface area (Å²) < 4.78 is 19.1. The van der Waals surface area contributed by atoms with Gasteiger partial charge in [0.1, 0.15) is 17.2 Å². The molecule has 2 atom stereocenters. The molecule has 28 heavy (non-hydrogen) atoms. The predicted molar refractivity (Wildman–Crippen MR) is 104 cm³/mol. The SMILES string of the molecule is C[C@H]1C[C@H](C)CN(C(=O)COC(=O)c2cccnc2Nc2ccccc2F)C1. The Balaban J connectivity index is 1.65. The molecule has 0 saturated carbocycles. The van der Waals surface area contributed by atoms with Crippen LogP contribution in [0.15, 0.2) is 42.6 Å². The van der Waals surface area contributed by atoms with E-state index >= 15 is 0 Å². The summed E-state index contributed by atoms with van der Waals surface area (Å²) in [6.45, 7) is 5.24. The number of aromatic nitrogens is 1. The maximum Gasteiger partial charge on any atom is 0.342 e. The van der Waals surface area contributed by atoms with Crippen LogP contribution in [0, 0.1) is 17.7 Å². The van der Waals surface area contributed by atoms with E-state index in [1.165, 1.54) is 18.3 Å². The van der Waals surface area contributed by atoms with E-state index in [-0.39, 0.29) is 29.6 Å². The molecule has 0 bridgehead atoms. The van der Waals surface area contributed by atoms with Crippen LogP contribution in [0.4, 0.5) is 15.9 Å². The molecule has 6 nitrogen and oxygen atoms in total. The van der Waals surface area contributed by atoms with Crippen molar-refractivity contribution in [2.24, 2.45) is 11.8 Å². The monoisotopic (exact) mass is 385 g/mol. The van der Waals surface area contributed by atoms with Gasteiger partial charge in [0.2, 0.25) is 0 Å². The van der Waals surface area contributed by atoms with Crippen LogP contribution in [0.25, 0.3) is 0 Å². The van der Waals surface area contributed by atoms with Gasteiger partial charge in [-0.05, 0) is 42.5 Å². The van der Waals surface area contributed by atoms with Gasteiger partial charge in [-0.1, -0.05) is 26.0 Å². The topological polar surface area (TPSA) is 71.5 Å². The molecule has 1 fully saturated rings. The number of halogens is 1. The molecule has 1 aliphatic heterocycles. The third-order valence-corrected chi connectivity index (χ3v) is 4.70. The number of pyridine rings is 1. The molecule has 148 valence electrons. The largest absolute Gasteiger partial charge is 0.452 e. The number of para-hydroxylation sites is 1. The third kappa shape index (κ3) is 4.85. The third-order valence-electron chi connectivity index (χ3n) is 4.70. The zero-order valence-electron chi connectivity index (χ0n) is 16.0. The molecule has 3 rings (SSSR count). The minimum absolute atomic E-state index is 0.138. The molecule has 1 aliphatic rings. The lowest BCUT2D eigenvalue weighted by molar-refractivity contribution is -0.137. The summed E-state index contributed by atoms with van der Waals surface area (Å²) in [6, 6.07) is 9.20. The van der Waals surface area contributed by atoms with Gasteiger partial charge in [0.15, 0.2) is 6.61 Å². The zero-order chi connectivity index (χ0) is 20.1. The number of amides is 1. The molecule has 0 aliphatic carbocycles. The first-order chi connectivity index (χ1) is 13.4. The Kier molecular flexibility index (Phi) is 6.23. The van der Waals surface area contributed by atoms with Gasteiger partial charge in [-0.15, -0.1) is 0 Å². The van der Waals surface area contributed by atoms with Crippen molar-refractivity contribution in [1.82, 2.24) is 9.88 Å². The Labute approximate surface area is 163 Å². The number of rotatable bonds is 5. The lowest BCUT2D eigenvalue weighted by Crippen LogP contribution is -2.44. The normalized spacial score (nSPS) is 19.2. The van der Waals surface area contributed by atoms with Crippen LogP contribution < -0.4 is 5.32 Å². The first-order valence-electron chi connectivity index (χ1n) is 9.35. The van der Waals surface area contributed by atoms with E-state index in [1.54, 1.807) is 29.2 Å². The molecule has 0 unspecified atom stereocenters. The van der Waals surface area contributed by atoms with Crippen molar-refractivity contribution in [3.63, 3.8) is 0 Å². The Morgan fingerprint density at radius 1 is 1.18 bits per heavy atom. The molecule has 0 radical (unpaired) electrons. The standard InChI is InChI=1S/C21H24FN3O3/c1-14-10-15(2)12-25(11-14)19(26)13-28-21(27)16-6-5-9-23-20(16)24-18-8-4-3-7-17(18)22/h3-9,14-15H,10-13H2,1-2H3,(H,23,24)/t14-,15-/m0/s1. The maximum atomic E-state index is 13.9. The highest BCUT2D eigenvalue weighted by molar-refractivity contribution is 5.96. The minimum atomic E-state index is -0.682. The summed E-state index contributed by atoms with van der Waals surface area (Å²) in [7, 11) is 0. The molecule has 1 aromatic heterocycles. The zero-order valence-corrected chi connectivity index (χ0v) is 16.0. The Bertz CT molecular complexity index is 848. The van der Waals surface area contributed by atoms with Crippen LogP contribution in [-0.2, 0) is 9.53 Å². The van der Waals surface area contributed by atoms with E-state index in [0.717, 1.165) is 6.42 Å². The van der Waals surface area contributed by atoms with E-state index in [2.05, 4.69) is 24.1 Å². The molecule has 1 amide bonds. The van der Waals surface area contributed by atoms with E-state index in [4.69, 9.17) is 4.74 Å². The second kappa shape index (κ2) is 8.82. The fourth-order valence-electron chi connectivity index (χ4n) is 3.52. The number of ether oxygens (including phenoxy) is 1. The molecule has 1 N–H and O–H groups in total. The number of hydrogen-bond donors (Lipinski definition) is 1. The quantitative estimate of drug-likeness (QED) is 0.796. The van der Waals surface area contributed by atoms with Crippen molar-refractivity contribution >= 4 is 23.4 Å². The maximum absolute atomic E-state index is 13.9. The Morgan fingerprint density at radius 3 is 2.61 bits per heavy atom. The summed E-state index contributed by atoms with van der Waals surface area (Å²) in [5, 5.41) is 2.80. The number of hydrogen-bond acceptors (Lipinski definition) is 5. The Morgan fingerprint density at radius 2 is 1.89 bits per heavy atom. The van der Waals surface area contributed by atoms with Crippen molar-refractivity contribution in [2.45, 2.75) is 20.3 Å². The van der Waals surface area contributed by atoms with Crippen LogP contribution in [0.5, 0.6) is 0 Å². The van der Waals surface area contributed by atoms with Gasteiger partial charge in [-0.25, -0.2) is 14.2 Å². The summed E-state index contributed by atoms with van der Waals surface area (Å²) >= 11 is 0. The minimum Gasteiger partial charge on any atom is -0.452 e. The van der Waals surface area contributed by atoms with E-state index in [0.29, 0.717) is 24.9 Å². The molecule has 0 spiro atoms. The number of benzene rings is 1. The summed E-state index contributed by atoms with van der Waals surface area (Å²) in [5.41, 5.74) is 0.335. The van der Waals surface area contributed by atoms with E-state index in [1.807, 2.05) is 0 Å². The van der Waals surface area contributed by atoms with Crippen molar-refractivity contribution in [2.75, 3.05) is 25.0 Å². The lowest BCUT2D eigenvalue weighted by Gasteiger charge is -2.34. The van der Waals surface area contributed by atoms with E-state index < -0.39 is 11.8 Å². The van der Waals surface area contributed by atoms with E-state index in [9.17, 15) is 14.0 Å². The van der Waals surface area contributed by atoms with Crippen LogP contribution in [-0.4, -0.2) is 41.5 Å². The number of anilines is 2. The first kappa shape index (κ1) is 19.8. The fraction of sp³-hybridized carbons (Fsp3) is 0.381. The molecule has 1 aromatic carbocycles. The number of likely N-dealkylation sites (tertiary alicyclic amines) is 1. The average Bonchev–Trinajstić information content (AvgIpc) is 2.67. The molecule has 7 heteroatoms. The van der Waals surface area contributed by atoms with Crippen molar-refractivity contribution in [1.29, 1.82) is 0 Å². The van der Waals surface area contributed by atoms with Crippen LogP contribution in [0.2, 0.25) is 0 Å². The Hall–Kier alpha value is -2.96. The molecule has 1 saturated heterocycles. The second-order valence-electron chi connectivity index (χ2n) is 7.33. The highest BCUT2D eigenvalue weighted by atomic mass is 19.1. The molecule has 2 aromatic rings. The highest BCUT2D eigenvalue weighted by Gasteiger charge is 2.26. The second-order valence-corrected chi connectivity index (χ2v) is 7.33. The summed E-state index contributed by atoms with van der Waals surface area (Å²) in [4.78, 5) is 30.7. The lowest BCUT2D eigenvalue weighted by atomic mass is 9.92. The number of esters is 1. The number of piperidine rings is 1. The van der Waals surface area contributed by atoms with Crippen molar-refractivity contribution < 1.29 is 18.7 Å². The summed E-state index contributed by atoms with van der Waals surface area (Å²) in [5.74, 6) is -0.324. The number of nitrogens with zero attached hydrogens (tertiary/aromatic N) is 2. The van der Waals surface area contributed by atoms with Gasteiger partial charge < -0.3 is 15.0 Å². The first-order valence-corrected chi connectivity index (χ1v) is 9.35. The fourth-order valence-corrected chi connectivity index (χ4v) is 3.52. The van der Waals surface area contributed by atoms with Gasteiger partial charge >= 0.3 is 5.97 Å². The smallest absolute Gasteiger partial charge is 0.342 e. The average molecular weight is 385 g/mol. The van der Waals surface area contributed by atoms with Gasteiger partial charge in [-0.3, -0.25) is 4.79 Å². The molecule has 2 heterocycles. The summed E-state index contributed by atoms with van der Waals surface area (Å²) in [6.07, 6.45) is 2.58. The van der Waals surface area contributed by atoms with Crippen molar-refractivity contribution in [3.8, 4) is 0 Å². The highest BCUT2D eigenvalue weighted by Crippen LogP contribution is 2.23. The number of carbonyl (C=O) groups excluding carboxylic acids is 2. The molecular formula is C21H24FN3O3. The predicted octanol–water partition coefficient (Wildman–Crippen LogP) is 3.63. The van der Waals surface area contributed by atoms with Gasteiger partial charge in [0.25, 0.3) is 5.91 Å². The van der Waals surface area contributed by atoms with Gasteiger partial charge in [-0.2, -0.15) is 0 Å².